The van der Waals surface area contributed by atoms with Crippen LogP contribution < -0.4 is 0 Å². The molecule has 0 aromatic heterocycles. The van der Waals surface area contributed by atoms with Crippen molar-refractivity contribution in [1.29, 1.82) is 0 Å². The summed E-state index contributed by atoms with van der Waals surface area (Å²) in [6.45, 7) is 0. The molecule has 0 aliphatic heterocycles. The second-order valence-corrected chi connectivity index (χ2v) is 4.44. The number of rotatable bonds is 2. The molecule has 0 spiro atoms. The second kappa shape index (κ2) is 6.44. The van der Waals surface area contributed by atoms with E-state index in [-0.39, 0.29) is 0 Å². The van der Waals surface area contributed by atoms with E-state index in [4.69, 9.17) is 0 Å². The molecule has 0 saturated heterocycles. The van der Waals surface area contributed by atoms with Gasteiger partial charge in [0.15, 0.2) is 0 Å². The third-order valence-electron chi connectivity index (χ3n) is 1.33. The summed E-state index contributed by atoms with van der Waals surface area (Å²) in [6, 6.07) is 10.3. The maximum Gasteiger partial charge on any atom is 0.0409 e. The number of hydrogen-bond acceptors (Lipinski definition) is 2. The molecular formula is C10H14S2. The van der Waals surface area contributed by atoms with Gasteiger partial charge >= 0.3 is 0 Å². The highest BCUT2D eigenvalue weighted by atomic mass is 32.2. The van der Waals surface area contributed by atoms with E-state index in [0.717, 1.165) is 5.08 Å². The third-order valence-corrected chi connectivity index (χ3v) is 2.45. The fourth-order valence-electron chi connectivity index (χ4n) is 0.591. The number of benzene rings is 1. The number of thiol groups is 1. The van der Waals surface area contributed by atoms with Gasteiger partial charge in [-0.2, -0.15) is 12.6 Å². The van der Waals surface area contributed by atoms with Gasteiger partial charge in [0.2, 0.25) is 0 Å². The Kier molecular flexibility index (Phi) is 5.37. The molecule has 1 fully saturated rings. The smallest absolute Gasteiger partial charge is 0.0409 e. The van der Waals surface area contributed by atoms with Crippen LogP contribution in [0.1, 0.15) is 19.3 Å². The first-order valence-electron chi connectivity index (χ1n) is 4.22. The lowest BCUT2D eigenvalue weighted by Gasteiger charge is -1.93. The van der Waals surface area contributed by atoms with Gasteiger partial charge in [-0.05, 0) is 12.1 Å². The van der Waals surface area contributed by atoms with Crippen LogP contribution in [0.5, 0.6) is 0 Å². The van der Waals surface area contributed by atoms with Gasteiger partial charge < -0.3 is 0 Å². The van der Waals surface area contributed by atoms with Gasteiger partial charge in [0, 0.05) is 9.98 Å². The molecule has 0 unspecified atom stereocenters. The molecule has 1 saturated carbocycles. The normalized spacial score (nSPS) is 13.1. The van der Waals surface area contributed by atoms with Gasteiger partial charge in [0.05, 0.1) is 0 Å². The minimum absolute atomic E-state index is 0.851. The number of thioether (sulfide) groups is 1. The van der Waals surface area contributed by atoms with Gasteiger partial charge in [0.1, 0.15) is 0 Å². The van der Waals surface area contributed by atoms with Crippen molar-refractivity contribution < 1.29 is 0 Å². The topological polar surface area (TPSA) is 0 Å². The zero-order chi connectivity index (χ0) is 8.65. The predicted molar refractivity (Wildman–Crippen MR) is 60.0 cm³/mol. The molecule has 1 aromatic carbocycles. The molecule has 1 aromatic rings. The summed E-state index contributed by atoms with van der Waals surface area (Å²) >= 11 is 5.83. The Labute approximate surface area is 84.2 Å². The molecular weight excluding hydrogens is 184 g/mol. The summed E-state index contributed by atoms with van der Waals surface area (Å²) in [4.78, 5) is 1.28. The van der Waals surface area contributed by atoms with Crippen molar-refractivity contribution in [1.82, 2.24) is 0 Å². The van der Waals surface area contributed by atoms with E-state index in [1.807, 2.05) is 18.2 Å². The quantitative estimate of drug-likeness (QED) is 0.428. The molecule has 2 rings (SSSR count). The van der Waals surface area contributed by atoms with Crippen LogP contribution in [0.3, 0.4) is 0 Å². The molecule has 12 heavy (non-hydrogen) atoms. The minimum atomic E-state index is 0.851. The van der Waals surface area contributed by atoms with Crippen molar-refractivity contribution in [2.45, 2.75) is 24.2 Å². The molecule has 0 atom stereocenters. The molecule has 0 amide bonds. The Morgan fingerprint density at radius 3 is 2.08 bits per heavy atom. The highest BCUT2D eigenvalue weighted by molar-refractivity contribution is 8.09. The Hall–Kier alpha value is -0.0800. The standard InChI is InChI=1S/C7H8S2.C3H6/c8-6-9-7-4-2-1-3-5-7;1-2-3-1/h1-5,8H,6H2;1-3H2. The Balaban J connectivity index is 0.000000200. The summed E-state index contributed by atoms with van der Waals surface area (Å²) < 4.78 is 0. The van der Waals surface area contributed by atoms with Crippen LogP contribution in [0.4, 0.5) is 0 Å². The van der Waals surface area contributed by atoms with Gasteiger partial charge in [0.25, 0.3) is 0 Å². The van der Waals surface area contributed by atoms with Crippen molar-refractivity contribution in [2.75, 3.05) is 5.08 Å². The Morgan fingerprint density at radius 1 is 1.08 bits per heavy atom. The summed E-state index contributed by atoms with van der Waals surface area (Å²) in [7, 11) is 0. The minimum Gasteiger partial charge on any atom is -0.168 e. The average molecular weight is 198 g/mol. The predicted octanol–water partition coefficient (Wildman–Crippen LogP) is 3.84. The zero-order valence-electron chi connectivity index (χ0n) is 7.07. The van der Waals surface area contributed by atoms with E-state index >= 15 is 0 Å². The fourth-order valence-corrected chi connectivity index (χ4v) is 1.54. The van der Waals surface area contributed by atoms with E-state index < -0.39 is 0 Å². The molecule has 2 heteroatoms. The van der Waals surface area contributed by atoms with Crippen LogP contribution in [-0.4, -0.2) is 5.08 Å². The average Bonchev–Trinajstić information content (AvgIpc) is 2.93. The van der Waals surface area contributed by atoms with Gasteiger partial charge in [-0.1, -0.05) is 37.5 Å². The van der Waals surface area contributed by atoms with Crippen molar-refractivity contribution in [3.63, 3.8) is 0 Å². The van der Waals surface area contributed by atoms with E-state index in [2.05, 4.69) is 24.8 Å². The van der Waals surface area contributed by atoms with E-state index in [1.165, 1.54) is 24.2 Å². The lowest BCUT2D eigenvalue weighted by molar-refractivity contribution is 1.47. The van der Waals surface area contributed by atoms with Crippen LogP contribution in [0, 0.1) is 0 Å². The molecule has 0 radical (unpaired) electrons. The van der Waals surface area contributed by atoms with Gasteiger partial charge in [-0.15, -0.1) is 11.8 Å². The molecule has 0 nitrogen and oxygen atoms in total. The summed E-state index contributed by atoms with van der Waals surface area (Å²) in [5.74, 6) is 0. The van der Waals surface area contributed by atoms with Crippen molar-refractivity contribution in [2.24, 2.45) is 0 Å². The van der Waals surface area contributed by atoms with Crippen molar-refractivity contribution >= 4 is 24.4 Å². The first kappa shape index (κ1) is 10.0. The van der Waals surface area contributed by atoms with Gasteiger partial charge in [-0.3, -0.25) is 0 Å². The van der Waals surface area contributed by atoms with E-state index in [1.54, 1.807) is 11.8 Å². The molecule has 0 heterocycles. The molecule has 1 aliphatic carbocycles. The highest BCUT2D eigenvalue weighted by Gasteiger charge is 1.95. The maximum absolute atomic E-state index is 4.09. The highest BCUT2D eigenvalue weighted by Crippen LogP contribution is 2.16. The van der Waals surface area contributed by atoms with Crippen molar-refractivity contribution in [3.8, 4) is 0 Å². The number of hydrogen-bond donors (Lipinski definition) is 1. The first-order valence-corrected chi connectivity index (χ1v) is 5.84. The van der Waals surface area contributed by atoms with E-state index in [9.17, 15) is 0 Å². The monoisotopic (exact) mass is 198 g/mol. The maximum atomic E-state index is 4.09. The van der Waals surface area contributed by atoms with Crippen LogP contribution >= 0.6 is 24.4 Å². The summed E-state index contributed by atoms with van der Waals surface area (Å²) in [5.41, 5.74) is 0. The zero-order valence-corrected chi connectivity index (χ0v) is 8.78. The second-order valence-electron chi connectivity index (χ2n) is 2.65. The molecule has 66 valence electrons. The van der Waals surface area contributed by atoms with Crippen LogP contribution in [0.15, 0.2) is 35.2 Å². The third kappa shape index (κ3) is 5.56. The molecule has 1 aliphatic rings. The summed E-state index contributed by atoms with van der Waals surface area (Å²) in [5, 5.41) is 0.851. The first-order chi connectivity index (χ1) is 5.93. The Bertz CT molecular complexity index is 191. The SMILES string of the molecule is C1CC1.SCSc1ccccc1. The molecule has 0 N–H and O–H groups in total. The fraction of sp³-hybridized carbons (Fsp3) is 0.400. The lowest BCUT2D eigenvalue weighted by Crippen LogP contribution is -1.66. The van der Waals surface area contributed by atoms with E-state index in [0.29, 0.717) is 0 Å². The largest absolute Gasteiger partial charge is 0.168 e. The summed E-state index contributed by atoms with van der Waals surface area (Å²) in [6.07, 6.45) is 4.50. The van der Waals surface area contributed by atoms with Crippen LogP contribution in [-0.2, 0) is 0 Å². The lowest BCUT2D eigenvalue weighted by atomic mass is 10.4. The molecule has 0 bridgehead atoms. The van der Waals surface area contributed by atoms with Crippen LogP contribution in [0.25, 0.3) is 0 Å². The Morgan fingerprint density at radius 2 is 1.67 bits per heavy atom. The van der Waals surface area contributed by atoms with Gasteiger partial charge in [-0.25, -0.2) is 0 Å². The van der Waals surface area contributed by atoms with Crippen molar-refractivity contribution in [3.05, 3.63) is 30.3 Å². The van der Waals surface area contributed by atoms with Crippen LogP contribution in [0.2, 0.25) is 0 Å².